The SMILES string of the molecule is COc1ccccc1-n1nc(CN(C)C(=O)C2CC2)c2c1CCN(Cc1ccc(F)cc1)C2. The van der Waals surface area contributed by atoms with Crippen LogP contribution in [0.2, 0.25) is 0 Å². The van der Waals surface area contributed by atoms with Crippen molar-refractivity contribution < 1.29 is 13.9 Å². The number of benzene rings is 2. The first-order valence-electron chi connectivity index (χ1n) is 11.5. The third-order valence-corrected chi connectivity index (χ3v) is 6.54. The van der Waals surface area contributed by atoms with Crippen LogP contribution in [-0.2, 0) is 30.8 Å². The van der Waals surface area contributed by atoms with Gasteiger partial charge in [-0.15, -0.1) is 0 Å². The lowest BCUT2D eigenvalue weighted by atomic mass is 10.0. The highest BCUT2D eigenvalue weighted by Gasteiger charge is 2.33. The zero-order valence-electron chi connectivity index (χ0n) is 19.1. The molecule has 0 unspecified atom stereocenters. The summed E-state index contributed by atoms with van der Waals surface area (Å²) >= 11 is 0. The molecule has 6 nitrogen and oxygen atoms in total. The highest BCUT2D eigenvalue weighted by molar-refractivity contribution is 5.80. The van der Waals surface area contributed by atoms with E-state index in [1.165, 1.54) is 17.7 Å². The molecule has 33 heavy (non-hydrogen) atoms. The first-order chi connectivity index (χ1) is 16.0. The van der Waals surface area contributed by atoms with E-state index >= 15 is 0 Å². The van der Waals surface area contributed by atoms with Gasteiger partial charge >= 0.3 is 0 Å². The molecule has 172 valence electrons. The summed E-state index contributed by atoms with van der Waals surface area (Å²) in [5.74, 6) is 0.931. The van der Waals surface area contributed by atoms with Crippen LogP contribution >= 0.6 is 0 Å². The van der Waals surface area contributed by atoms with Crippen molar-refractivity contribution in [2.24, 2.45) is 5.92 Å². The van der Waals surface area contributed by atoms with E-state index in [2.05, 4.69) is 4.90 Å². The quantitative estimate of drug-likeness (QED) is 0.549. The average molecular weight is 449 g/mol. The summed E-state index contributed by atoms with van der Waals surface area (Å²) in [4.78, 5) is 16.8. The Balaban J connectivity index is 1.47. The molecule has 1 aliphatic heterocycles. The van der Waals surface area contributed by atoms with Gasteiger partial charge in [-0.3, -0.25) is 9.69 Å². The molecule has 0 radical (unpaired) electrons. The molecular weight excluding hydrogens is 419 g/mol. The second-order valence-corrected chi connectivity index (χ2v) is 9.01. The van der Waals surface area contributed by atoms with Crippen LogP contribution in [0, 0.1) is 11.7 Å². The van der Waals surface area contributed by atoms with Crippen LogP contribution in [0.3, 0.4) is 0 Å². The highest BCUT2D eigenvalue weighted by Crippen LogP contribution is 2.33. The molecule has 7 heteroatoms. The van der Waals surface area contributed by atoms with Gasteiger partial charge in [0.25, 0.3) is 0 Å². The second kappa shape index (κ2) is 8.98. The molecule has 2 aromatic carbocycles. The molecule has 0 saturated heterocycles. The van der Waals surface area contributed by atoms with Crippen LogP contribution in [0.5, 0.6) is 5.75 Å². The minimum absolute atomic E-state index is 0.178. The molecule has 0 atom stereocenters. The van der Waals surface area contributed by atoms with Gasteiger partial charge in [0.05, 0.1) is 25.0 Å². The minimum Gasteiger partial charge on any atom is -0.494 e. The maximum Gasteiger partial charge on any atom is 0.225 e. The Kier molecular flexibility index (Phi) is 5.89. The maximum absolute atomic E-state index is 13.3. The van der Waals surface area contributed by atoms with Crippen LogP contribution in [0.4, 0.5) is 4.39 Å². The first-order valence-corrected chi connectivity index (χ1v) is 11.5. The predicted molar refractivity (Wildman–Crippen MR) is 124 cm³/mol. The van der Waals surface area contributed by atoms with E-state index in [9.17, 15) is 9.18 Å². The molecule has 1 aromatic heterocycles. The van der Waals surface area contributed by atoms with Gasteiger partial charge in [-0.2, -0.15) is 5.10 Å². The average Bonchev–Trinajstić information content (AvgIpc) is 3.63. The van der Waals surface area contributed by atoms with Crippen molar-refractivity contribution in [2.75, 3.05) is 20.7 Å². The molecule has 0 N–H and O–H groups in total. The van der Waals surface area contributed by atoms with Crippen molar-refractivity contribution in [2.45, 2.75) is 38.9 Å². The van der Waals surface area contributed by atoms with Crippen LogP contribution in [0.15, 0.2) is 48.5 Å². The number of aromatic nitrogens is 2. The number of fused-ring (bicyclic) bond motifs is 1. The summed E-state index contributed by atoms with van der Waals surface area (Å²) in [6.07, 6.45) is 2.81. The fourth-order valence-corrected chi connectivity index (χ4v) is 4.60. The summed E-state index contributed by atoms with van der Waals surface area (Å²) in [6, 6.07) is 14.6. The van der Waals surface area contributed by atoms with Gasteiger partial charge in [0, 0.05) is 44.6 Å². The Bertz CT molecular complexity index is 1150. The maximum atomic E-state index is 13.3. The number of para-hydroxylation sites is 2. The highest BCUT2D eigenvalue weighted by atomic mass is 19.1. The zero-order valence-corrected chi connectivity index (χ0v) is 19.1. The van der Waals surface area contributed by atoms with E-state index in [1.54, 1.807) is 7.11 Å². The molecule has 5 rings (SSSR count). The Labute approximate surface area is 193 Å². The van der Waals surface area contributed by atoms with E-state index in [0.717, 1.165) is 67.3 Å². The summed E-state index contributed by atoms with van der Waals surface area (Å²) in [5, 5.41) is 4.99. The fourth-order valence-electron chi connectivity index (χ4n) is 4.60. The van der Waals surface area contributed by atoms with Crippen molar-refractivity contribution in [3.05, 3.63) is 76.9 Å². The van der Waals surface area contributed by atoms with Gasteiger partial charge in [-0.25, -0.2) is 9.07 Å². The molecule has 1 amide bonds. The number of carbonyl (C=O) groups is 1. The molecule has 0 bridgehead atoms. The van der Waals surface area contributed by atoms with Gasteiger partial charge in [-0.1, -0.05) is 24.3 Å². The summed E-state index contributed by atoms with van der Waals surface area (Å²) in [6.45, 7) is 2.85. The molecule has 1 aliphatic carbocycles. The number of nitrogens with zero attached hydrogens (tertiary/aromatic N) is 4. The molecule has 3 aromatic rings. The fraction of sp³-hybridized carbons (Fsp3) is 0.385. The van der Waals surface area contributed by atoms with Gasteiger partial charge in [0.1, 0.15) is 17.3 Å². The van der Waals surface area contributed by atoms with Crippen LogP contribution in [-0.4, -0.2) is 46.2 Å². The standard InChI is InChI=1S/C26H29FN4O2/c1-29(26(32)19-9-10-19)17-22-21-16-30(15-18-7-11-20(27)12-8-18)14-13-23(21)31(28-22)24-5-3-4-6-25(24)33-2/h3-8,11-12,19H,9-10,13-17H2,1-2H3. The van der Waals surface area contributed by atoms with Crippen LogP contribution in [0.25, 0.3) is 5.69 Å². The lowest BCUT2D eigenvalue weighted by Gasteiger charge is -2.28. The number of hydrogen-bond acceptors (Lipinski definition) is 4. The Hall–Kier alpha value is -3.19. The van der Waals surface area contributed by atoms with E-state index in [4.69, 9.17) is 9.84 Å². The van der Waals surface area contributed by atoms with E-state index in [0.29, 0.717) is 6.54 Å². The van der Waals surface area contributed by atoms with Gasteiger partial charge < -0.3 is 9.64 Å². The third-order valence-electron chi connectivity index (χ3n) is 6.54. The number of rotatable bonds is 7. The largest absolute Gasteiger partial charge is 0.494 e. The third kappa shape index (κ3) is 4.50. The van der Waals surface area contributed by atoms with E-state index in [1.807, 2.05) is 53.0 Å². The van der Waals surface area contributed by atoms with Crippen LogP contribution in [0.1, 0.15) is 35.4 Å². The minimum atomic E-state index is -0.219. The Morgan fingerprint density at radius 3 is 2.67 bits per heavy atom. The monoisotopic (exact) mass is 448 g/mol. The number of methoxy groups -OCH3 is 1. The second-order valence-electron chi connectivity index (χ2n) is 9.01. The summed E-state index contributed by atoms with van der Waals surface area (Å²) in [7, 11) is 3.54. The molecule has 2 aliphatic rings. The van der Waals surface area contributed by atoms with Crippen molar-refractivity contribution >= 4 is 5.91 Å². The first kappa shape index (κ1) is 21.6. The zero-order chi connectivity index (χ0) is 22.9. The molecule has 2 heterocycles. The predicted octanol–water partition coefficient (Wildman–Crippen LogP) is 3.95. The molecule has 1 saturated carbocycles. The van der Waals surface area contributed by atoms with Crippen molar-refractivity contribution in [1.29, 1.82) is 0 Å². The lowest BCUT2D eigenvalue weighted by molar-refractivity contribution is -0.131. The summed E-state index contributed by atoms with van der Waals surface area (Å²) < 4.78 is 20.9. The topological polar surface area (TPSA) is 50.6 Å². The number of carbonyl (C=O) groups excluding carboxylic acids is 1. The smallest absolute Gasteiger partial charge is 0.225 e. The lowest BCUT2D eigenvalue weighted by Crippen LogP contribution is -2.32. The number of hydrogen-bond donors (Lipinski definition) is 0. The molecule has 0 spiro atoms. The number of ether oxygens (including phenoxy) is 1. The van der Waals surface area contributed by atoms with Crippen molar-refractivity contribution in [3.8, 4) is 11.4 Å². The molecular formula is C26H29FN4O2. The van der Waals surface area contributed by atoms with Crippen LogP contribution < -0.4 is 4.74 Å². The van der Waals surface area contributed by atoms with E-state index < -0.39 is 0 Å². The Morgan fingerprint density at radius 2 is 1.94 bits per heavy atom. The van der Waals surface area contributed by atoms with E-state index in [-0.39, 0.29) is 17.6 Å². The van der Waals surface area contributed by atoms with Crippen molar-refractivity contribution in [3.63, 3.8) is 0 Å². The van der Waals surface area contributed by atoms with Gasteiger partial charge in [0.15, 0.2) is 0 Å². The molecule has 1 fully saturated rings. The summed E-state index contributed by atoms with van der Waals surface area (Å²) in [5.41, 5.74) is 5.25. The normalized spacial score (nSPS) is 15.8. The van der Waals surface area contributed by atoms with Crippen molar-refractivity contribution in [1.82, 2.24) is 19.6 Å². The van der Waals surface area contributed by atoms with Gasteiger partial charge in [-0.05, 0) is 42.7 Å². The number of amides is 1. The Morgan fingerprint density at radius 1 is 1.18 bits per heavy atom. The van der Waals surface area contributed by atoms with Gasteiger partial charge in [0.2, 0.25) is 5.91 Å². The number of halogens is 1.